The number of nitrogens with one attached hydrogen (secondary N) is 2. The number of hydrogen-bond donors (Lipinski definition) is 2. The number of carbonyl (C=O) groups excluding carboxylic acids is 2. The summed E-state index contributed by atoms with van der Waals surface area (Å²) >= 11 is 0. The van der Waals surface area contributed by atoms with Crippen LogP contribution >= 0.6 is 0 Å². The highest BCUT2D eigenvalue weighted by molar-refractivity contribution is 5.83. The minimum atomic E-state index is -0.157. The molecule has 4 heterocycles. The van der Waals surface area contributed by atoms with Gasteiger partial charge in [0.05, 0.1) is 18.3 Å². The van der Waals surface area contributed by atoms with E-state index in [0.717, 1.165) is 23.9 Å². The molecule has 0 saturated carbocycles. The predicted octanol–water partition coefficient (Wildman–Crippen LogP) is 3.91. The van der Waals surface area contributed by atoms with E-state index in [-0.39, 0.29) is 30.2 Å². The van der Waals surface area contributed by atoms with Crippen LogP contribution in [0.4, 0.5) is 4.79 Å². The summed E-state index contributed by atoms with van der Waals surface area (Å²) in [6, 6.07) is 0.845. The number of amides is 3. The maximum atomic E-state index is 11.2. The van der Waals surface area contributed by atoms with Crippen LogP contribution in [-0.2, 0) is 14.3 Å². The van der Waals surface area contributed by atoms with Gasteiger partial charge in [-0.05, 0) is 48.2 Å². The minimum Gasteiger partial charge on any atom is -0.477 e. The minimum absolute atomic E-state index is 0.123. The molecule has 4 saturated heterocycles. The van der Waals surface area contributed by atoms with Gasteiger partial charge in [-0.15, -0.1) is 0 Å². The van der Waals surface area contributed by atoms with Gasteiger partial charge in [-0.2, -0.15) is 0 Å². The van der Waals surface area contributed by atoms with Crippen LogP contribution in [0.2, 0.25) is 0 Å². The highest BCUT2D eigenvalue weighted by atomic mass is 16.5. The third-order valence-electron chi connectivity index (χ3n) is 8.99. The lowest BCUT2D eigenvalue weighted by molar-refractivity contribution is -0.128. The molecule has 0 bridgehead atoms. The fourth-order valence-corrected chi connectivity index (χ4v) is 4.41. The van der Waals surface area contributed by atoms with Crippen LogP contribution < -0.4 is 10.6 Å². The molecule has 43 heavy (non-hydrogen) atoms. The molecule has 0 aromatic rings. The van der Waals surface area contributed by atoms with E-state index in [4.69, 9.17) is 9.47 Å². The number of hydrogen-bond acceptors (Lipinski definition) is 8. The Hall–Kier alpha value is -3.18. The lowest BCUT2D eigenvalue weighted by atomic mass is 9.98. The lowest BCUT2D eigenvalue weighted by Crippen LogP contribution is -2.32. The van der Waals surface area contributed by atoms with Crippen molar-refractivity contribution in [2.45, 2.75) is 79.0 Å². The Labute approximate surface area is 262 Å². The van der Waals surface area contributed by atoms with Crippen molar-refractivity contribution in [3.63, 3.8) is 0 Å². The van der Waals surface area contributed by atoms with Crippen molar-refractivity contribution in [3.05, 3.63) is 49.3 Å². The summed E-state index contributed by atoms with van der Waals surface area (Å²) in [5.74, 6) is 1.42. The Morgan fingerprint density at radius 2 is 1.28 bits per heavy atom. The predicted molar refractivity (Wildman–Crippen MR) is 177 cm³/mol. The number of allylic oxidation sites excluding steroid dienone is 1. The van der Waals surface area contributed by atoms with Crippen LogP contribution in [0, 0.1) is 11.8 Å². The lowest BCUT2D eigenvalue weighted by Gasteiger charge is -2.21. The third kappa shape index (κ3) is 10.8. The van der Waals surface area contributed by atoms with Crippen molar-refractivity contribution in [2.24, 2.45) is 11.8 Å². The Morgan fingerprint density at radius 3 is 1.37 bits per heavy atom. The van der Waals surface area contributed by atoms with E-state index >= 15 is 0 Å². The van der Waals surface area contributed by atoms with Crippen LogP contribution in [0.5, 0.6) is 0 Å². The van der Waals surface area contributed by atoms with Gasteiger partial charge in [-0.3, -0.25) is 9.69 Å². The van der Waals surface area contributed by atoms with E-state index in [1.165, 1.54) is 5.70 Å². The molecule has 0 spiro atoms. The van der Waals surface area contributed by atoms with Gasteiger partial charge in [0.1, 0.15) is 12.8 Å². The van der Waals surface area contributed by atoms with Crippen molar-refractivity contribution < 1.29 is 19.1 Å². The Balaban J connectivity index is 0.000000518. The summed E-state index contributed by atoms with van der Waals surface area (Å²) in [4.78, 5) is 31.4. The number of likely N-dealkylation sites (tertiary alicyclic amines) is 1. The van der Waals surface area contributed by atoms with E-state index in [9.17, 15) is 9.59 Å². The maximum Gasteiger partial charge on any atom is 0.314 e. The van der Waals surface area contributed by atoms with E-state index in [1.807, 2.05) is 51.6 Å². The Kier molecular flexibility index (Phi) is 16.5. The van der Waals surface area contributed by atoms with Gasteiger partial charge in [0, 0.05) is 77.3 Å². The zero-order valence-electron chi connectivity index (χ0n) is 29.4. The van der Waals surface area contributed by atoms with Crippen LogP contribution in [0.25, 0.3) is 0 Å². The third-order valence-corrected chi connectivity index (χ3v) is 8.99. The van der Waals surface area contributed by atoms with E-state index < -0.39 is 0 Å². The molecule has 4 fully saturated rings. The van der Waals surface area contributed by atoms with Crippen LogP contribution in [-0.4, -0.2) is 123 Å². The summed E-state index contributed by atoms with van der Waals surface area (Å²) in [7, 11) is 13.1. The number of likely N-dealkylation sites (N-methyl/N-ethyl adjacent to an activating group) is 4. The molecule has 4 aliphatic heterocycles. The van der Waals surface area contributed by atoms with E-state index in [0.29, 0.717) is 24.2 Å². The van der Waals surface area contributed by atoms with Crippen molar-refractivity contribution >= 4 is 11.9 Å². The molecule has 3 amide bonds. The number of carbonyl (C=O) groups is 2. The molecular formula is C32H61N7O4. The average molecular weight is 608 g/mol. The largest absolute Gasteiger partial charge is 0.477 e. The summed E-state index contributed by atoms with van der Waals surface area (Å²) < 4.78 is 10.5. The maximum absolute atomic E-state index is 11.2. The first-order chi connectivity index (χ1) is 19.8. The zero-order chi connectivity index (χ0) is 33.9. The van der Waals surface area contributed by atoms with Gasteiger partial charge < -0.3 is 39.7 Å². The number of nitrogens with zero attached hydrogens (tertiary/aromatic N) is 5. The summed E-state index contributed by atoms with van der Waals surface area (Å²) in [6.45, 7) is 30.7. The number of ether oxygens (including phenoxy) is 2. The fourth-order valence-electron chi connectivity index (χ4n) is 4.41. The molecule has 11 nitrogen and oxygen atoms in total. The molecule has 4 rings (SSSR count). The molecule has 2 N–H and O–H groups in total. The second-order valence-electron chi connectivity index (χ2n) is 11.5. The van der Waals surface area contributed by atoms with Crippen molar-refractivity contribution in [1.29, 1.82) is 0 Å². The molecule has 0 radical (unpaired) electrons. The summed E-state index contributed by atoms with van der Waals surface area (Å²) in [6.07, 6.45) is 0.903. The van der Waals surface area contributed by atoms with Gasteiger partial charge >= 0.3 is 6.03 Å². The van der Waals surface area contributed by atoms with Gasteiger partial charge in [0.25, 0.3) is 0 Å². The normalized spacial score (nSPS) is 29.9. The first-order valence-electron chi connectivity index (χ1n) is 14.9. The SMILES string of the molecule is C=C1C(C)C(C)C(=O)N1C.C=C1C(C)N(C)C(C)N1C.C=C1C(C)OC(C)N1C.C=C1OCC(C)N1C.CNC(=O)NC. The second-order valence-corrected chi connectivity index (χ2v) is 11.5. The molecule has 0 aromatic heterocycles. The highest BCUT2D eigenvalue weighted by Gasteiger charge is 2.35. The topological polar surface area (TPSA) is 92.9 Å². The molecule has 4 aliphatic rings. The first kappa shape index (κ1) is 39.8. The van der Waals surface area contributed by atoms with Gasteiger partial charge in [0.15, 0.2) is 5.88 Å². The molecule has 11 heteroatoms. The van der Waals surface area contributed by atoms with Crippen LogP contribution in [0.1, 0.15) is 48.5 Å². The van der Waals surface area contributed by atoms with Crippen molar-refractivity contribution in [2.75, 3.05) is 55.9 Å². The molecule has 7 unspecified atom stereocenters. The quantitative estimate of drug-likeness (QED) is 0.429. The van der Waals surface area contributed by atoms with Crippen molar-refractivity contribution in [3.8, 4) is 0 Å². The molecule has 0 aromatic carbocycles. The average Bonchev–Trinajstić information content (AvgIpc) is 3.53. The summed E-state index contributed by atoms with van der Waals surface area (Å²) in [5, 5.41) is 4.73. The molecule has 248 valence electrons. The Morgan fingerprint density at radius 1 is 0.767 bits per heavy atom. The standard InChI is InChI=1S/C8H16N2.C8H13NO.C7H13NO.C6H11NO.C3H8N2O/c1-6-7(2)10(5)8(3)9(6)4;1-5-6(2)8(10)9(4)7(5)3;1-5-6(2)9-7(3)8(5)4;1-5-4-8-6(2)7(5)3;1-4-3(6)5-2/h7-8H,1H2,2-5H3;5-6H,3H2,1-2,4H3;6-7H,1H2,2-4H3;5H,2,4H2,1,3H3;1-2H3,(H2,4,5,6). The fraction of sp³-hybridized carbons (Fsp3) is 0.688. The van der Waals surface area contributed by atoms with E-state index in [1.54, 1.807) is 26.0 Å². The zero-order valence-corrected chi connectivity index (χ0v) is 29.4. The smallest absolute Gasteiger partial charge is 0.314 e. The second kappa shape index (κ2) is 17.8. The van der Waals surface area contributed by atoms with Crippen LogP contribution in [0.15, 0.2) is 49.3 Å². The molecule has 7 atom stereocenters. The first-order valence-corrected chi connectivity index (χ1v) is 14.9. The summed E-state index contributed by atoms with van der Waals surface area (Å²) in [5.41, 5.74) is 3.23. The van der Waals surface area contributed by atoms with Gasteiger partial charge in [0.2, 0.25) is 5.91 Å². The van der Waals surface area contributed by atoms with Crippen molar-refractivity contribution in [1.82, 2.24) is 35.1 Å². The Bertz CT molecular complexity index is 945. The highest BCUT2D eigenvalue weighted by Crippen LogP contribution is 2.30. The molecule has 0 aliphatic carbocycles. The van der Waals surface area contributed by atoms with Gasteiger partial charge in [-0.25, -0.2) is 4.79 Å². The number of urea groups is 1. The number of rotatable bonds is 0. The van der Waals surface area contributed by atoms with Crippen LogP contribution in [0.3, 0.4) is 0 Å². The monoisotopic (exact) mass is 607 g/mol. The van der Waals surface area contributed by atoms with E-state index in [2.05, 4.69) is 81.6 Å². The van der Waals surface area contributed by atoms with Gasteiger partial charge in [-0.1, -0.05) is 33.6 Å². The molecular weight excluding hydrogens is 546 g/mol.